The van der Waals surface area contributed by atoms with E-state index in [0.29, 0.717) is 5.56 Å². The van der Waals surface area contributed by atoms with Crippen molar-refractivity contribution in [2.45, 2.75) is 6.61 Å². The number of carbonyl (C=O) groups is 1. The van der Waals surface area contributed by atoms with E-state index >= 15 is 0 Å². The van der Waals surface area contributed by atoms with E-state index in [0.717, 1.165) is 11.6 Å². The fourth-order valence-corrected chi connectivity index (χ4v) is 1.86. The van der Waals surface area contributed by atoms with Gasteiger partial charge in [0.05, 0.1) is 29.2 Å². The molecule has 0 radical (unpaired) electrons. The van der Waals surface area contributed by atoms with Gasteiger partial charge in [0.1, 0.15) is 6.61 Å². The summed E-state index contributed by atoms with van der Waals surface area (Å²) in [5, 5.41) is 19.8. The summed E-state index contributed by atoms with van der Waals surface area (Å²) in [6, 6.07) is 12.5. The average molecular weight is 312 g/mol. The Morgan fingerprint density at radius 3 is 2.52 bits per heavy atom. The number of esters is 1. The van der Waals surface area contributed by atoms with Crippen LogP contribution >= 0.6 is 0 Å². The molecule has 0 aliphatic carbocycles. The quantitative estimate of drug-likeness (QED) is 0.478. The number of carbonyl (C=O) groups excluding carboxylic acids is 1. The van der Waals surface area contributed by atoms with Crippen molar-refractivity contribution < 1.29 is 19.2 Å². The number of rotatable bonds is 5. The third-order valence-corrected chi connectivity index (χ3v) is 3.05. The largest absolute Gasteiger partial charge is 0.482 e. The standard InChI is InChI=1S/C16H12N2O5/c1-22-16(19)13-6-7-15(14(8-13)18(20)21)23-10-12-4-2-11(9-17)3-5-12/h2-8H,10H2,1H3. The zero-order valence-corrected chi connectivity index (χ0v) is 12.2. The zero-order chi connectivity index (χ0) is 16.8. The molecule has 0 bridgehead atoms. The number of nitrogens with zero attached hydrogens (tertiary/aromatic N) is 2. The van der Waals surface area contributed by atoms with Gasteiger partial charge in [0.2, 0.25) is 0 Å². The maximum atomic E-state index is 11.4. The van der Waals surface area contributed by atoms with Gasteiger partial charge in [-0.25, -0.2) is 4.79 Å². The molecule has 0 saturated carbocycles. The van der Waals surface area contributed by atoms with Gasteiger partial charge in [-0.05, 0) is 29.8 Å². The predicted molar refractivity (Wildman–Crippen MR) is 79.9 cm³/mol. The normalized spacial score (nSPS) is 9.74. The Kier molecular flexibility index (Phi) is 4.89. The Labute approximate surface area is 131 Å². The number of ether oxygens (including phenoxy) is 2. The Balaban J connectivity index is 2.20. The van der Waals surface area contributed by atoms with E-state index < -0.39 is 10.9 Å². The number of nitriles is 1. The molecule has 2 aromatic carbocycles. The number of hydrogen-bond donors (Lipinski definition) is 0. The van der Waals surface area contributed by atoms with Gasteiger partial charge in [-0.1, -0.05) is 12.1 Å². The van der Waals surface area contributed by atoms with Crippen LogP contribution in [0.15, 0.2) is 42.5 Å². The molecule has 0 aromatic heterocycles. The summed E-state index contributed by atoms with van der Waals surface area (Å²) >= 11 is 0. The fourth-order valence-electron chi connectivity index (χ4n) is 1.86. The van der Waals surface area contributed by atoms with Crippen LogP contribution in [0.25, 0.3) is 0 Å². The van der Waals surface area contributed by atoms with Crippen molar-refractivity contribution >= 4 is 11.7 Å². The molecule has 0 N–H and O–H groups in total. The molecule has 23 heavy (non-hydrogen) atoms. The van der Waals surface area contributed by atoms with Gasteiger partial charge < -0.3 is 9.47 Å². The number of methoxy groups -OCH3 is 1. The molecule has 116 valence electrons. The first-order chi connectivity index (χ1) is 11.0. The molecule has 7 heteroatoms. The van der Waals surface area contributed by atoms with E-state index in [4.69, 9.17) is 10.00 Å². The van der Waals surface area contributed by atoms with Crippen molar-refractivity contribution in [1.29, 1.82) is 5.26 Å². The van der Waals surface area contributed by atoms with Gasteiger partial charge in [-0.15, -0.1) is 0 Å². The molecular formula is C16H12N2O5. The highest BCUT2D eigenvalue weighted by Crippen LogP contribution is 2.29. The van der Waals surface area contributed by atoms with Crippen LogP contribution < -0.4 is 4.74 Å². The molecule has 0 atom stereocenters. The molecule has 0 aliphatic rings. The first kappa shape index (κ1) is 16.0. The third-order valence-electron chi connectivity index (χ3n) is 3.05. The van der Waals surface area contributed by atoms with Crippen LogP contribution in [-0.2, 0) is 11.3 Å². The lowest BCUT2D eigenvalue weighted by Crippen LogP contribution is -2.04. The average Bonchev–Trinajstić information content (AvgIpc) is 2.59. The first-order valence-electron chi connectivity index (χ1n) is 6.53. The molecule has 0 amide bonds. The number of hydrogen-bond acceptors (Lipinski definition) is 6. The highest BCUT2D eigenvalue weighted by molar-refractivity contribution is 5.90. The second-order valence-corrected chi connectivity index (χ2v) is 4.53. The van der Waals surface area contributed by atoms with E-state index in [1.54, 1.807) is 24.3 Å². The van der Waals surface area contributed by atoms with E-state index in [2.05, 4.69) is 4.74 Å². The SMILES string of the molecule is COC(=O)c1ccc(OCc2ccc(C#N)cc2)c([N+](=O)[O-])c1. The van der Waals surface area contributed by atoms with E-state index in [9.17, 15) is 14.9 Å². The summed E-state index contributed by atoms with van der Waals surface area (Å²) in [6.07, 6.45) is 0. The van der Waals surface area contributed by atoms with Crippen molar-refractivity contribution in [3.05, 3.63) is 69.3 Å². The number of benzene rings is 2. The van der Waals surface area contributed by atoms with Gasteiger partial charge in [0.25, 0.3) is 0 Å². The smallest absolute Gasteiger partial charge is 0.338 e. The van der Waals surface area contributed by atoms with E-state index in [-0.39, 0.29) is 23.6 Å². The van der Waals surface area contributed by atoms with Crippen LogP contribution in [0.5, 0.6) is 5.75 Å². The molecule has 2 rings (SSSR count). The second kappa shape index (κ2) is 7.04. The monoisotopic (exact) mass is 312 g/mol. The first-order valence-corrected chi connectivity index (χ1v) is 6.53. The van der Waals surface area contributed by atoms with Crippen molar-refractivity contribution in [2.24, 2.45) is 0 Å². The number of nitro benzene ring substituents is 1. The molecule has 0 saturated heterocycles. The van der Waals surface area contributed by atoms with Crippen LogP contribution in [0.3, 0.4) is 0 Å². The molecule has 0 fully saturated rings. The van der Waals surface area contributed by atoms with Gasteiger partial charge in [-0.2, -0.15) is 5.26 Å². The van der Waals surface area contributed by atoms with E-state index in [1.165, 1.54) is 19.2 Å². The summed E-state index contributed by atoms with van der Waals surface area (Å²) < 4.78 is 9.98. The summed E-state index contributed by atoms with van der Waals surface area (Å²) in [6.45, 7) is 0.101. The van der Waals surface area contributed by atoms with Crippen LogP contribution in [0.4, 0.5) is 5.69 Å². The molecule has 0 aliphatic heterocycles. The topological polar surface area (TPSA) is 102 Å². The Morgan fingerprint density at radius 2 is 1.96 bits per heavy atom. The molecule has 0 heterocycles. The maximum Gasteiger partial charge on any atom is 0.338 e. The lowest BCUT2D eigenvalue weighted by Gasteiger charge is -2.08. The van der Waals surface area contributed by atoms with Gasteiger partial charge in [0, 0.05) is 6.07 Å². The zero-order valence-electron chi connectivity index (χ0n) is 12.2. The highest BCUT2D eigenvalue weighted by atomic mass is 16.6. The van der Waals surface area contributed by atoms with Gasteiger partial charge >= 0.3 is 11.7 Å². The minimum absolute atomic E-state index is 0.0482. The molecular weight excluding hydrogens is 300 g/mol. The van der Waals surface area contributed by atoms with Gasteiger partial charge in [0.15, 0.2) is 5.75 Å². The van der Waals surface area contributed by atoms with Crippen LogP contribution in [0, 0.1) is 21.4 Å². The number of nitro groups is 1. The summed E-state index contributed by atoms with van der Waals surface area (Å²) in [5.41, 5.74) is 1.03. The Hall–Kier alpha value is -3.40. The summed E-state index contributed by atoms with van der Waals surface area (Å²) in [5.74, 6) is -0.612. The van der Waals surface area contributed by atoms with Crippen molar-refractivity contribution in [2.75, 3.05) is 7.11 Å². The predicted octanol–water partition coefficient (Wildman–Crippen LogP) is 2.83. The molecule has 0 unspecified atom stereocenters. The van der Waals surface area contributed by atoms with Crippen LogP contribution in [-0.4, -0.2) is 18.0 Å². The molecule has 2 aromatic rings. The van der Waals surface area contributed by atoms with Crippen LogP contribution in [0.1, 0.15) is 21.5 Å². The lowest BCUT2D eigenvalue weighted by atomic mass is 10.1. The molecule has 7 nitrogen and oxygen atoms in total. The van der Waals surface area contributed by atoms with E-state index in [1.807, 2.05) is 6.07 Å². The second-order valence-electron chi connectivity index (χ2n) is 4.53. The van der Waals surface area contributed by atoms with Crippen molar-refractivity contribution in [3.63, 3.8) is 0 Å². The van der Waals surface area contributed by atoms with Crippen molar-refractivity contribution in [1.82, 2.24) is 0 Å². The summed E-state index contributed by atoms with van der Waals surface area (Å²) in [4.78, 5) is 21.9. The highest BCUT2D eigenvalue weighted by Gasteiger charge is 2.19. The fraction of sp³-hybridized carbons (Fsp3) is 0.125. The Bertz CT molecular complexity index is 778. The lowest BCUT2D eigenvalue weighted by molar-refractivity contribution is -0.386. The molecule has 0 spiro atoms. The summed E-state index contributed by atoms with van der Waals surface area (Å²) in [7, 11) is 1.20. The maximum absolute atomic E-state index is 11.4. The van der Waals surface area contributed by atoms with Crippen molar-refractivity contribution in [3.8, 4) is 11.8 Å². The minimum Gasteiger partial charge on any atom is -0.482 e. The minimum atomic E-state index is -0.660. The Morgan fingerprint density at radius 1 is 1.26 bits per heavy atom. The van der Waals surface area contributed by atoms with Gasteiger partial charge in [-0.3, -0.25) is 10.1 Å². The van der Waals surface area contributed by atoms with Crippen LogP contribution in [0.2, 0.25) is 0 Å². The third kappa shape index (κ3) is 3.83.